The lowest BCUT2D eigenvalue weighted by Crippen LogP contribution is -2.31. The Balaban J connectivity index is 2.12. The maximum absolute atomic E-state index is 12.3. The number of rotatable bonds is 6. The van der Waals surface area contributed by atoms with E-state index in [0.717, 1.165) is 18.7 Å². The summed E-state index contributed by atoms with van der Waals surface area (Å²) in [4.78, 5) is 15.5. The minimum Gasteiger partial charge on any atom is -0.322 e. The Morgan fingerprint density at radius 1 is 1.25 bits per heavy atom. The highest BCUT2D eigenvalue weighted by atomic mass is 32.2. The van der Waals surface area contributed by atoms with Crippen LogP contribution in [0.4, 0.5) is 0 Å². The van der Waals surface area contributed by atoms with Gasteiger partial charge in [0, 0.05) is 11.4 Å². The Labute approximate surface area is 129 Å². The van der Waals surface area contributed by atoms with Crippen molar-refractivity contribution < 1.29 is 4.79 Å². The van der Waals surface area contributed by atoms with Crippen molar-refractivity contribution >= 4 is 29.4 Å². The van der Waals surface area contributed by atoms with Gasteiger partial charge in [-0.15, -0.1) is 11.8 Å². The van der Waals surface area contributed by atoms with Crippen LogP contribution in [-0.4, -0.2) is 41.7 Å². The SMILES string of the molecule is CSCCCN1C(=O)C(C)NC1c1ccc(SC)cc1. The average Bonchev–Trinajstić information content (AvgIpc) is 2.76. The second-order valence-electron chi connectivity index (χ2n) is 4.94. The summed E-state index contributed by atoms with van der Waals surface area (Å²) in [6.07, 6.45) is 5.24. The van der Waals surface area contributed by atoms with Crippen molar-refractivity contribution in [2.24, 2.45) is 0 Å². The first kappa shape index (κ1) is 15.7. The van der Waals surface area contributed by atoms with Crippen LogP contribution in [0.2, 0.25) is 0 Å². The van der Waals surface area contributed by atoms with Crippen molar-refractivity contribution in [3.8, 4) is 0 Å². The van der Waals surface area contributed by atoms with E-state index in [0.29, 0.717) is 0 Å². The van der Waals surface area contributed by atoms with Gasteiger partial charge in [0.05, 0.1) is 6.04 Å². The topological polar surface area (TPSA) is 32.3 Å². The van der Waals surface area contributed by atoms with Crippen LogP contribution >= 0.6 is 23.5 Å². The van der Waals surface area contributed by atoms with Crippen molar-refractivity contribution in [1.29, 1.82) is 0 Å². The van der Waals surface area contributed by atoms with Crippen LogP contribution in [0.15, 0.2) is 29.2 Å². The van der Waals surface area contributed by atoms with Crippen molar-refractivity contribution in [3.05, 3.63) is 29.8 Å². The lowest BCUT2D eigenvalue weighted by molar-refractivity contribution is -0.129. The molecule has 1 aromatic rings. The van der Waals surface area contributed by atoms with Crippen LogP contribution in [0.3, 0.4) is 0 Å². The van der Waals surface area contributed by atoms with Gasteiger partial charge in [-0.1, -0.05) is 12.1 Å². The molecular formula is C15H22N2OS2. The van der Waals surface area contributed by atoms with Crippen LogP contribution in [0, 0.1) is 0 Å². The third kappa shape index (κ3) is 3.51. The maximum atomic E-state index is 12.3. The average molecular weight is 310 g/mol. The van der Waals surface area contributed by atoms with E-state index in [1.165, 1.54) is 10.5 Å². The molecule has 1 aliphatic rings. The number of benzene rings is 1. The summed E-state index contributed by atoms with van der Waals surface area (Å²) in [6.45, 7) is 2.77. The van der Waals surface area contributed by atoms with Crippen LogP contribution in [0.25, 0.3) is 0 Å². The van der Waals surface area contributed by atoms with Crippen molar-refractivity contribution in [2.45, 2.75) is 30.4 Å². The second-order valence-corrected chi connectivity index (χ2v) is 6.81. The molecule has 5 heteroatoms. The summed E-state index contributed by atoms with van der Waals surface area (Å²) in [5.74, 6) is 1.31. The van der Waals surface area contributed by atoms with E-state index in [1.807, 2.05) is 23.6 Å². The molecule has 0 aliphatic carbocycles. The Morgan fingerprint density at radius 2 is 1.95 bits per heavy atom. The Morgan fingerprint density at radius 3 is 2.55 bits per heavy atom. The largest absolute Gasteiger partial charge is 0.322 e. The molecule has 1 N–H and O–H groups in total. The van der Waals surface area contributed by atoms with Gasteiger partial charge in [0.25, 0.3) is 0 Å². The monoisotopic (exact) mass is 310 g/mol. The van der Waals surface area contributed by atoms with E-state index in [2.05, 4.69) is 42.1 Å². The number of amides is 1. The molecule has 110 valence electrons. The van der Waals surface area contributed by atoms with Gasteiger partial charge in [-0.25, -0.2) is 0 Å². The maximum Gasteiger partial charge on any atom is 0.241 e. The molecule has 0 radical (unpaired) electrons. The highest BCUT2D eigenvalue weighted by Gasteiger charge is 2.36. The van der Waals surface area contributed by atoms with Gasteiger partial charge < -0.3 is 4.90 Å². The third-order valence-electron chi connectivity index (χ3n) is 3.55. The zero-order valence-electron chi connectivity index (χ0n) is 12.3. The van der Waals surface area contributed by atoms with Gasteiger partial charge in [-0.2, -0.15) is 11.8 Å². The zero-order chi connectivity index (χ0) is 14.5. The molecule has 1 heterocycles. The van der Waals surface area contributed by atoms with Crippen molar-refractivity contribution in [1.82, 2.24) is 10.2 Å². The van der Waals surface area contributed by atoms with Gasteiger partial charge in [0.1, 0.15) is 6.17 Å². The number of nitrogens with zero attached hydrogens (tertiary/aromatic N) is 1. The van der Waals surface area contributed by atoms with E-state index in [9.17, 15) is 4.79 Å². The molecule has 2 rings (SSSR count). The lowest BCUT2D eigenvalue weighted by Gasteiger charge is -2.24. The summed E-state index contributed by atoms with van der Waals surface area (Å²) in [6, 6.07) is 8.39. The molecule has 0 spiro atoms. The normalized spacial score (nSPS) is 22.6. The summed E-state index contributed by atoms with van der Waals surface area (Å²) >= 11 is 3.56. The predicted octanol–water partition coefficient (Wildman–Crippen LogP) is 2.98. The fraction of sp³-hybridized carbons (Fsp3) is 0.533. The Hall–Kier alpha value is -0.650. The first-order valence-corrected chi connectivity index (χ1v) is 9.48. The lowest BCUT2D eigenvalue weighted by atomic mass is 10.1. The second kappa shape index (κ2) is 7.38. The first-order valence-electron chi connectivity index (χ1n) is 6.86. The molecule has 1 amide bonds. The summed E-state index contributed by atoms with van der Waals surface area (Å²) in [7, 11) is 0. The quantitative estimate of drug-likeness (QED) is 0.647. The number of hydrogen-bond donors (Lipinski definition) is 1. The van der Waals surface area contributed by atoms with E-state index >= 15 is 0 Å². The molecular weight excluding hydrogens is 288 g/mol. The highest BCUT2D eigenvalue weighted by molar-refractivity contribution is 7.98. The molecule has 0 bridgehead atoms. The summed E-state index contributed by atoms with van der Waals surface area (Å²) in [5.41, 5.74) is 1.17. The molecule has 0 aromatic heterocycles. The molecule has 3 nitrogen and oxygen atoms in total. The molecule has 20 heavy (non-hydrogen) atoms. The van der Waals surface area contributed by atoms with Crippen molar-refractivity contribution in [3.63, 3.8) is 0 Å². The number of thioether (sulfide) groups is 2. The van der Waals surface area contributed by atoms with Crippen LogP contribution in [0.1, 0.15) is 25.1 Å². The standard InChI is InChI=1S/C15H22N2OS2/c1-11-15(18)17(9-4-10-19-2)14(16-11)12-5-7-13(20-3)8-6-12/h5-8,11,14,16H,4,9-10H2,1-3H3. The van der Waals surface area contributed by atoms with E-state index < -0.39 is 0 Å². The predicted molar refractivity (Wildman–Crippen MR) is 88.3 cm³/mol. The fourth-order valence-corrected chi connectivity index (χ4v) is 3.28. The van der Waals surface area contributed by atoms with E-state index in [4.69, 9.17) is 0 Å². The summed E-state index contributed by atoms with van der Waals surface area (Å²) in [5, 5.41) is 3.40. The van der Waals surface area contributed by atoms with Gasteiger partial charge >= 0.3 is 0 Å². The minimum absolute atomic E-state index is 0.0234. The Kier molecular flexibility index (Phi) is 5.81. The summed E-state index contributed by atoms with van der Waals surface area (Å²) < 4.78 is 0. The molecule has 1 fully saturated rings. The van der Waals surface area contributed by atoms with Gasteiger partial charge in [-0.05, 0) is 49.3 Å². The van der Waals surface area contributed by atoms with Crippen LogP contribution in [-0.2, 0) is 4.79 Å². The number of carbonyl (C=O) groups is 1. The van der Waals surface area contributed by atoms with E-state index in [-0.39, 0.29) is 18.1 Å². The number of carbonyl (C=O) groups excluding carboxylic acids is 1. The molecule has 1 aromatic carbocycles. The molecule has 1 saturated heterocycles. The van der Waals surface area contributed by atoms with Gasteiger partial charge in [0.15, 0.2) is 0 Å². The smallest absolute Gasteiger partial charge is 0.241 e. The third-order valence-corrected chi connectivity index (χ3v) is 4.99. The zero-order valence-corrected chi connectivity index (χ0v) is 13.9. The van der Waals surface area contributed by atoms with Crippen LogP contribution in [0.5, 0.6) is 0 Å². The van der Waals surface area contributed by atoms with Crippen LogP contribution < -0.4 is 5.32 Å². The Bertz CT molecular complexity index is 450. The molecule has 2 unspecified atom stereocenters. The molecule has 2 atom stereocenters. The minimum atomic E-state index is -0.0884. The molecule has 0 saturated carbocycles. The number of nitrogens with one attached hydrogen (secondary N) is 1. The molecule has 1 aliphatic heterocycles. The van der Waals surface area contributed by atoms with Gasteiger partial charge in [-0.3, -0.25) is 10.1 Å². The van der Waals surface area contributed by atoms with Crippen molar-refractivity contribution in [2.75, 3.05) is 24.8 Å². The fourth-order valence-electron chi connectivity index (χ4n) is 2.45. The number of hydrogen-bond acceptors (Lipinski definition) is 4. The first-order chi connectivity index (χ1) is 9.67. The van der Waals surface area contributed by atoms with E-state index in [1.54, 1.807) is 11.8 Å². The highest BCUT2D eigenvalue weighted by Crippen LogP contribution is 2.27. The van der Waals surface area contributed by atoms with Gasteiger partial charge in [0.2, 0.25) is 5.91 Å².